The van der Waals surface area contributed by atoms with Crippen LogP contribution in [0, 0.1) is 0 Å². The number of aliphatic carboxylic acids is 1. The highest BCUT2D eigenvalue weighted by Crippen LogP contribution is 2.40. The van der Waals surface area contributed by atoms with Crippen molar-refractivity contribution in [3.63, 3.8) is 0 Å². The summed E-state index contributed by atoms with van der Waals surface area (Å²) in [4.78, 5) is 11.0. The highest BCUT2D eigenvalue weighted by molar-refractivity contribution is 5.87. The lowest BCUT2D eigenvalue weighted by molar-refractivity contribution is -0.137. The molecule has 0 amide bonds. The molecule has 4 heteroatoms. The van der Waals surface area contributed by atoms with Crippen LogP contribution in [0.3, 0.4) is 0 Å². The second kappa shape index (κ2) is 4.54. The smallest absolute Gasteiger partial charge is 0.304 e. The fourth-order valence-electron chi connectivity index (χ4n) is 3.31. The molecule has 2 aromatic rings. The van der Waals surface area contributed by atoms with Crippen molar-refractivity contribution >= 4 is 16.9 Å². The summed E-state index contributed by atoms with van der Waals surface area (Å²) in [6, 6.07) is 5.72. The molecule has 0 bridgehead atoms. The topological polar surface area (TPSA) is 62.5 Å². The van der Waals surface area contributed by atoms with Gasteiger partial charge in [0.1, 0.15) is 5.75 Å². The number of benzene rings is 1. The minimum atomic E-state index is -0.749. The Morgan fingerprint density at radius 1 is 1.40 bits per heavy atom. The van der Waals surface area contributed by atoms with Crippen LogP contribution in [0.2, 0.25) is 0 Å². The molecule has 1 aliphatic heterocycles. The minimum Gasteiger partial charge on any atom is -0.508 e. The Morgan fingerprint density at radius 2 is 2.15 bits per heavy atom. The number of carbonyl (C=O) groups is 1. The zero-order chi connectivity index (χ0) is 14.4. The predicted octanol–water partition coefficient (Wildman–Crippen LogP) is 3.43. The fourth-order valence-corrected chi connectivity index (χ4v) is 3.31. The van der Waals surface area contributed by atoms with Gasteiger partial charge in [-0.1, -0.05) is 13.8 Å². The molecule has 1 aromatic heterocycles. The standard InChI is InChI=1S/C16H19NO3/c1-9(2)12-6-11(18)7-15-13(12)8-14-10(5-16(19)20)3-4-17(14)15/h6-10,18H,3-5H2,1-2H3,(H,19,20). The molecule has 0 saturated carbocycles. The Bertz CT molecular complexity index is 685. The van der Waals surface area contributed by atoms with Gasteiger partial charge in [-0.3, -0.25) is 4.79 Å². The lowest BCUT2D eigenvalue weighted by Gasteiger charge is -2.09. The van der Waals surface area contributed by atoms with E-state index in [2.05, 4.69) is 24.5 Å². The molecule has 2 heterocycles. The van der Waals surface area contributed by atoms with E-state index in [4.69, 9.17) is 5.11 Å². The van der Waals surface area contributed by atoms with Crippen molar-refractivity contribution in [3.05, 3.63) is 29.5 Å². The van der Waals surface area contributed by atoms with Crippen molar-refractivity contribution in [2.24, 2.45) is 0 Å². The molecular weight excluding hydrogens is 254 g/mol. The molecule has 1 unspecified atom stereocenters. The van der Waals surface area contributed by atoms with E-state index in [-0.39, 0.29) is 18.1 Å². The van der Waals surface area contributed by atoms with Gasteiger partial charge in [0.05, 0.1) is 11.9 Å². The predicted molar refractivity (Wildman–Crippen MR) is 77.3 cm³/mol. The van der Waals surface area contributed by atoms with Gasteiger partial charge in [-0.15, -0.1) is 0 Å². The summed E-state index contributed by atoms with van der Waals surface area (Å²) in [5.74, 6) is -0.0582. The molecular formula is C16H19NO3. The Hall–Kier alpha value is -1.97. The zero-order valence-electron chi connectivity index (χ0n) is 11.8. The second-order valence-electron chi connectivity index (χ2n) is 5.93. The van der Waals surface area contributed by atoms with E-state index in [0.29, 0.717) is 5.92 Å². The minimum absolute atomic E-state index is 0.0852. The number of hydrogen-bond donors (Lipinski definition) is 2. The summed E-state index contributed by atoms with van der Waals surface area (Å²) in [6.45, 7) is 5.04. The van der Waals surface area contributed by atoms with E-state index in [0.717, 1.165) is 35.1 Å². The molecule has 0 fully saturated rings. The molecule has 4 nitrogen and oxygen atoms in total. The molecule has 0 aliphatic carbocycles. The summed E-state index contributed by atoms with van der Waals surface area (Å²) in [5, 5.41) is 20.1. The lowest BCUT2D eigenvalue weighted by atomic mass is 9.96. The largest absolute Gasteiger partial charge is 0.508 e. The number of aromatic nitrogens is 1. The van der Waals surface area contributed by atoms with Crippen molar-refractivity contribution in [2.45, 2.75) is 45.1 Å². The van der Waals surface area contributed by atoms with Gasteiger partial charge in [0.25, 0.3) is 0 Å². The van der Waals surface area contributed by atoms with E-state index < -0.39 is 5.97 Å². The summed E-state index contributed by atoms with van der Waals surface area (Å²) >= 11 is 0. The Morgan fingerprint density at radius 3 is 2.80 bits per heavy atom. The molecule has 0 spiro atoms. The monoisotopic (exact) mass is 273 g/mol. The van der Waals surface area contributed by atoms with Crippen molar-refractivity contribution in [1.29, 1.82) is 0 Å². The first-order chi connectivity index (χ1) is 9.47. The molecule has 106 valence electrons. The van der Waals surface area contributed by atoms with E-state index in [1.165, 1.54) is 0 Å². The van der Waals surface area contributed by atoms with Crippen LogP contribution in [-0.2, 0) is 11.3 Å². The van der Waals surface area contributed by atoms with Gasteiger partial charge >= 0.3 is 5.97 Å². The Balaban J connectivity index is 2.17. The van der Waals surface area contributed by atoms with Crippen LogP contribution in [0.15, 0.2) is 18.2 Å². The molecule has 0 saturated heterocycles. The van der Waals surface area contributed by atoms with Crippen molar-refractivity contribution in [1.82, 2.24) is 4.57 Å². The Labute approximate surface area is 117 Å². The van der Waals surface area contributed by atoms with E-state index in [1.807, 2.05) is 6.07 Å². The highest BCUT2D eigenvalue weighted by atomic mass is 16.4. The number of phenols is 1. The SMILES string of the molecule is CC(C)c1cc(O)cc2c1cc1n2CCC1CC(=O)O. The summed E-state index contributed by atoms with van der Waals surface area (Å²) in [5.41, 5.74) is 3.24. The van der Waals surface area contributed by atoms with E-state index >= 15 is 0 Å². The molecule has 3 rings (SSSR count). The van der Waals surface area contributed by atoms with Gasteiger partial charge in [0.15, 0.2) is 0 Å². The highest BCUT2D eigenvalue weighted by Gasteiger charge is 2.27. The molecule has 1 aromatic carbocycles. The quantitative estimate of drug-likeness (QED) is 0.900. The van der Waals surface area contributed by atoms with Gasteiger partial charge < -0.3 is 14.8 Å². The third kappa shape index (κ3) is 1.96. The number of hydrogen-bond acceptors (Lipinski definition) is 2. The average molecular weight is 273 g/mol. The van der Waals surface area contributed by atoms with Crippen LogP contribution in [-0.4, -0.2) is 20.7 Å². The molecule has 1 aliphatic rings. The van der Waals surface area contributed by atoms with Crippen LogP contribution < -0.4 is 0 Å². The summed E-state index contributed by atoms with van der Waals surface area (Å²) in [6.07, 6.45) is 1.05. The number of aromatic hydroxyl groups is 1. The lowest BCUT2D eigenvalue weighted by Crippen LogP contribution is -2.02. The normalized spacial score (nSPS) is 17.9. The zero-order valence-corrected chi connectivity index (χ0v) is 11.8. The molecule has 0 radical (unpaired) electrons. The van der Waals surface area contributed by atoms with Crippen LogP contribution in [0.4, 0.5) is 0 Å². The first kappa shape index (κ1) is 13.0. The number of rotatable bonds is 3. The van der Waals surface area contributed by atoms with Crippen LogP contribution >= 0.6 is 0 Å². The van der Waals surface area contributed by atoms with Gasteiger partial charge in [-0.2, -0.15) is 0 Å². The number of fused-ring (bicyclic) bond motifs is 3. The fraction of sp³-hybridized carbons (Fsp3) is 0.438. The van der Waals surface area contributed by atoms with Crippen LogP contribution in [0.25, 0.3) is 10.9 Å². The number of phenolic OH excluding ortho intramolecular Hbond substituents is 1. The number of carboxylic acid groups (broad SMARTS) is 1. The van der Waals surface area contributed by atoms with E-state index in [9.17, 15) is 9.90 Å². The van der Waals surface area contributed by atoms with Crippen LogP contribution in [0.1, 0.15) is 49.8 Å². The summed E-state index contributed by atoms with van der Waals surface area (Å²) in [7, 11) is 0. The van der Waals surface area contributed by atoms with Crippen molar-refractivity contribution < 1.29 is 15.0 Å². The van der Waals surface area contributed by atoms with Crippen molar-refractivity contribution in [2.75, 3.05) is 0 Å². The van der Waals surface area contributed by atoms with Gasteiger partial charge in [0.2, 0.25) is 0 Å². The maximum absolute atomic E-state index is 11.0. The number of nitrogens with zero attached hydrogens (tertiary/aromatic N) is 1. The Kier molecular flexibility index (Phi) is 2.96. The second-order valence-corrected chi connectivity index (χ2v) is 5.93. The maximum Gasteiger partial charge on any atom is 0.304 e. The molecule has 20 heavy (non-hydrogen) atoms. The maximum atomic E-state index is 11.0. The van der Waals surface area contributed by atoms with Crippen LogP contribution in [0.5, 0.6) is 5.75 Å². The first-order valence-electron chi connectivity index (χ1n) is 7.05. The van der Waals surface area contributed by atoms with Crippen molar-refractivity contribution in [3.8, 4) is 5.75 Å². The summed E-state index contributed by atoms with van der Waals surface area (Å²) < 4.78 is 2.16. The van der Waals surface area contributed by atoms with Gasteiger partial charge in [-0.05, 0) is 30.0 Å². The van der Waals surface area contributed by atoms with E-state index in [1.54, 1.807) is 6.07 Å². The third-order valence-corrected chi connectivity index (χ3v) is 4.23. The molecule has 2 N–H and O–H groups in total. The van der Waals surface area contributed by atoms with Gasteiger partial charge in [-0.25, -0.2) is 0 Å². The third-order valence-electron chi connectivity index (χ3n) is 4.23. The molecule has 1 atom stereocenters. The average Bonchev–Trinajstić information content (AvgIpc) is 2.88. The first-order valence-corrected chi connectivity index (χ1v) is 7.05. The van der Waals surface area contributed by atoms with Gasteiger partial charge in [0, 0.05) is 29.6 Å². The number of carboxylic acids is 1. The number of aryl methyl sites for hydroxylation is 1.